The Hall–Kier alpha value is -1.40. The van der Waals surface area contributed by atoms with E-state index in [9.17, 15) is 9.59 Å². The quantitative estimate of drug-likeness (QED) is 0.718. The summed E-state index contributed by atoms with van der Waals surface area (Å²) >= 11 is 1.49. The van der Waals surface area contributed by atoms with Gasteiger partial charge >= 0.3 is 5.97 Å². The van der Waals surface area contributed by atoms with Gasteiger partial charge < -0.3 is 10.4 Å². The minimum absolute atomic E-state index is 0.128. The zero-order chi connectivity index (χ0) is 14.4. The van der Waals surface area contributed by atoms with Crippen LogP contribution < -0.4 is 10.6 Å². The first-order valence-corrected chi connectivity index (χ1v) is 7.08. The van der Waals surface area contributed by atoms with Crippen LogP contribution in [0.3, 0.4) is 0 Å². The van der Waals surface area contributed by atoms with Crippen LogP contribution in [0.2, 0.25) is 0 Å². The van der Waals surface area contributed by atoms with Gasteiger partial charge in [-0.1, -0.05) is 13.8 Å². The zero-order valence-corrected chi connectivity index (χ0v) is 12.2. The highest BCUT2D eigenvalue weighted by Crippen LogP contribution is 2.22. The van der Waals surface area contributed by atoms with Crippen molar-refractivity contribution in [2.24, 2.45) is 5.92 Å². The Kier molecular flexibility index (Phi) is 5.98. The van der Waals surface area contributed by atoms with Gasteiger partial charge in [0.05, 0.1) is 5.69 Å². The molecule has 0 spiro atoms. The topological polar surface area (TPSA) is 78.4 Å². The molecule has 19 heavy (non-hydrogen) atoms. The maximum atomic E-state index is 11.1. The van der Waals surface area contributed by atoms with Gasteiger partial charge in [-0.05, 0) is 23.8 Å². The number of nitrogens with one attached hydrogen (secondary N) is 2. The summed E-state index contributed by atoms with van der Waals surface area (Å²) in [5.74, 6) is -0.658. The molecule has 6 heteroatoms. The van der Waals surface area contributed by atoms with Crippen molar-refractivity contribution in [3.05, 3.63) is 16.3 Å². The number of rotatable bonds is 7. The first kappa shape index (κ1) is 15.7. The van der Waals surface area contributed by atoms with E-state index in [4.69, 9.17) is 5.11 Å². The second kappa shape index (κ2) is 7.25. The maximum absolute atomic E-state index is 11.1. The van der Waals surface area contributed by atoms with Crippen LogP contribution in [-0.2, 0) is 16.1 Å². The van der Waals surface area contributed by atoms with Crippen molar-refractivity contribution in [3.63, 3.8) is 0 Å². The molecular formula is C13H20N2O3S. The number of carboxylic acids is 1. The summed E-state index contributed by atoms with van der Waals surface area (Å²) in [5, 5.41) is 16.8. The minimum Gasteiger partial charge on any atom is -0.480 e. The molecule has 1 unspecified atom stereocenters. The molecular weight excluding hydrogens is 264 g/mol. The molecule has 5 nitrogen and oxygen atoms in total. The van der Waals surface area contributed by atoms with Gasteiger partial charge in [0.2, 0.25) is 5.91 Å². The van der Waals surface area contributed by atoms with Crippen molar-refractivity contribution in [1.29, 1.82) is 0 Å². The highest BCUT2D eigenvalue weighted by atomic mass is 32.1. The van der Waals surface area contributed by atoms with Gasteiger partial charge in [-0.3, -0.25) is 14.9 Å². The Balaban J connectivity index is 2.61. The zero-order valence-electron chi connectivity index (χ0n) is 11.4. The van der Waals surface area contributed by atoms with Gasteiger partial charge in [-0.25, -0.2) is 0 Å². The SMILES string of the molecule is CC(=O)Nc1ccsc1CNC(CC(C)C)C(=O)O. The number of aliphatic carboxylic acids is 1. The molecule has 1 heterocycles. The van der Waals surface area contributed by atoms with Crippen molar-refractivity contribution >= 4 is 28.9 Å². The van der Waals surface area contributed by atoms with Crippen LogP contribution in [0.4, 0.5) is 5.69 Å². The molecule has 3 N–H and O–H groups in total. The van der Waals surface area contributed by atoms with Crippen molar-refractivity contribution < 1.29 is 14.7 Å². The van der Waals surface area contributed by atoms with Gasteiger partial charge in [0.15, 0.2) is 0 Å². The molecule has 106 valence electrons. The van der Waals surface area contributed by atoms with Crippen LogP contribution in [-0.4, -0.2) is 23.0 Å². The number of hydrogen-bond donors (Lipinski definition) is 3. The second-order valence-corrected chi connectivity index (χ2v) is 5.84. The number of carboxylic acid groups (broad SMARTS) is 1. The largest absolute Gasteiger partial charge is 0.480 e. The summed E-state index contributed by atoms with van der Waals surface area (Å²) in [6.07, 6.45) is 0.580. The number of thiophene rings is 1. The average molecular weight is 284 g/mol. The number of carbonyl (C=O) groups excluding carboxylic acids is 1. The summed E-state index contributed by atoms with van der Waals surface area (Å²) in [5.41, 5.74) is 0.749. The summed E-state index contributed by atoms with van der Waals surface area (Å²) in [7, 11) is 0. The van der Waals surface area contributed by atoms with E-state index >= 15 is 0 Å². The van der Waals surface area contributed by atoms with E-state index in [-0.39, 0.29) is 5.91 Å². The van der Waals surface area contributed by atoms with Crippen LogP contribution in [0.15, 0.2) is 11.4 Å². The van der Waals surface area contributed by atoms with Gasteiger partial charge in [0, 0.05) is 18.3 Å². The Morgan fingerprint density at radius 3 is 2.63 bits per heavy atom. The minimum atomic E-state index is -0.841. The molecule has 1 aromatic rings. The maximum Gasteiger partial charge on any atom is 0.320 e. The molecule has 0 saturated heterocycles. The van der Waals surface area contributed by atoms with E-state index in [1.54, 1.807) is 0 Å². The van der Waals surface area contributed by atoms with Gasteiger partial charge in [-0.15, -0.1) is 11.3 Å². The van der Waals surface area contributed by atoms with E-state index in [0.29, 0.717) is 18.9 Å². The first-order valence-electron chi connectivity index (χ1n) is 6.20. The third-order valence-corrected chi connectivity index (χ3v) is 3.49. The lowest BCUT2D eigenvalue weighted by Crippen LogP contribution is -2.37. The third kappa shape index (κ3) is 5.40. The Labute approximate surface area is 117 Å². The van der Waals surface area contributed by atoms with Crippen molar-refractivity contribution in [2.75, 3.05) is 5.32 Å². The predicted octanol–water partition coefficient (Wildman–Crippen LogP) is 2.30. The summed E-state index contributed by atoms with van der Waals surface area (Å²) in [6, 6.07) is 1.26. The standard InChI is InChI=1S/C13H20N2O3S/c1-8(2)6-11(13(17)18)14-7-12-10(4-5-19-12)15-9(3)16/h4-5,8,11,14H,6-7H2,1-3H3,(H,15,16)(H,17,18). The van der Waals surface area contributed by atoms with Crippen LogP contribution in [0.1, 0.15) is 32.1 Å². The third-order valence-electron chi connectivity index (χ3n) is 2.57. The fourth-order valence-corrected chi connectivity index (χ4v) is 2.52. The molecule has 0 aliphatic carbocycles. The molecule has 0 fully saturated rings. The number of amides is 1. The van der Waals surface area contributed by atoms with Gasteiger partial charge in [0.1, 0.15) is 6.04 Å². The Morgan fingerprint density at radius 1 is 1.42 bits per heavy atom. The smallest absolute Gasteiger partial charge is 0.320 e. The van der Waals surface area contributed by atoms with Crippen LogP contribution in [0.25, 0.3) is 0 Å². The average Bonchev–Trinajstić information content (AvgIpc) is 2.70. The molecule has 0 radical (unpaired) electrons. The van der Waals surface area contributed by atoms with E-state index in [2.05, 4.69) is 10.6 Å². The molecule has 0 bridgehead atoms. The molecule has 1 rings (SSSR count). The van der Waals surface area contributed by atoms with Gasteiger partial charge in [0.25, 0.3) is 0 Å². The molecule has 0 aliphatic rings. The lowest BCUT2D eigenvalue weighted by molar-refractivity contribution is -0.140. The highest BCUT2D eigenvalue weighted by molar-refractivity contribution is 7.10. The van der Waals surface area contributed by atoms with Crippen molar-refractivity contribution in [1.82, 2.24) is 5.32 Å². The molecule has 0 saturated carbocycles. The lowest BCUT2D eigenvalue weighted by Gasteiger charge is -2.16. The highest BCUT2D eigenvalue weighted by Gasteiger charge is 2.18. The lowest BCUT2D eigenvalue weighted by atomic mass is 10.0. The van der Waals surface area contributed by atoms with E-state index in [0.717, 1.165) is 10.6 Å². The Bertz CT molecular complexity index is 443. The Morgan fingerprint density at radius 2 is 2.11 bits per heavy atom. The van der Waals surface area contributed by atoms with E-state index in [1.807, 2.05) is 25.3 Å². The normalized spacial score (nSPS) is 12.4. The monoisotopic (exact) mass is 284 g/mol. The predicted molar refractivity (Wildman–Crippen MR) is 76.3 cm³/mol. The van der Waals surface area contributed by atoms with Crippen LogP contribution in [0, 0.1) is 5.92 Å². The number of anilines is 1. The molecule has 0 aromatic carbocycles. The number of hydrogen-bond acceptors (Lipinski definition) is 4. The summed E-state index contributed by atoms with van der Waals surface area (Å²) in [6.45, 7) is 5.88. The second-order valence-electron chi connectivity index (χ2n) is 4.84. The van der Waals surface area contributed by atoms with Crippen LogP contribution >= 0.6 is 11.3 Å². The molecule has 1 amide bonds. The van der Waals surface area contributed by atoms with Crippen LogP contribution in [0.5, 0.6) is 0 Å². The van der Waals surface area contributed by atoms with Crippen molar-refractivity contribution in [2.45, 2.75) is 39.8 Å². The first-order chi connectivity index (χ1) is 8.90. The van der Waals surface area contributed by atoms with Gasteiger partial charge in [-0.2, -0.15) is 0 Å². The fraction of sp³-hybridized carbons (Fsp3) is 0.538. The van der Waals surface area contributed by atoms with E-state index < -0.39 is 12.0 Å². The fourth-order valence-electron chi connectivity index (χ4n) is 1.74. The van der Waals surface area contributed by atoms with Crippen molar-refractivity contribution in [3.8, 4) is 0 Å². The summed E-state index contributed by atoms with van der Waals surface area (Å²) < 4.78 is 0. The van der Waals surface area contributed by atoms with E-state index in [1.165, 1.54) is 18.3 Å². The molecule has 0 aliphatic heterocycles. The summed E-state index contributed by atoms with van der Waals surface area (Å²) in [4.78, 5) is 23.1. The molecule has 1 atom stereocenters. The number of carbonyl (C=O) groups is 2. The molecule has 1 aromatic heterocycles.